The van der Waals surface area contributed by atoms with Crippen LogP contribution in [0.5, 0.6) is 0 Å². The second-order valence-electron chi connectivity index (χ2n) is 7.97. The van der Waals surface area contributed by atoms with Crippen LogP contribution in [0.4, 0.5) is 0 Å². The molecule has 7 heteroatoms. The summed E-state index contributed by atoms with van der Waals surface area (Å²) < 4.78 is 27.1. The molecule has 0 aliphatic carbocycles. The number of piperazine rings is 1. The van der Waals surface area contributed by atoms with Gasteiger partial charge in [0.25, 0.3) is 5.91 Å². The van der Waals surface area contributed by atoms with Crippen molar-refractivity contribution in [3.05, 3.63) is 102 Å². The summed E-state index contributed by atoms with van der Waals surface area (Å²) in [6.45, 7) is 2.32. The van der Waals surface area contributed by atoms with E-state index >= 15 is 0 Å². The van der Waals surface area contributed by atoms with Gasteiger partial charge in [-0.1, -0.05) is 78.9 Å². The smallest absolute Gasteiger partial charge is 0.275 e. The first-order valence-corrected chi connectivity index (χ1v) is 12.3. The fraction of sp³-hybridized carbons (Fsp3) is 0.240. The first-order chi connectivity index (χ1) is 15.5. The van der Waals surface area contributed by atoms with E-state index in [0.29, 0.717) is 37.6 Å². The zero-order chi connectivity index (χ0) is 22.4. The van der Waals surface area contributed by atoms with Crippen LogP contribution >= 0.6 is 0 Å². The lowest BCUT2D eigenvalue weighted by molar-refractivity contribution is -0.895. The molecule has 2 N–H and O–H groups in total. The molecule has 1 amide bonds. The van der Waals surface area contributed by atoms with E-state index < -0.39 is 10.0 Å². The maximum absolute atomic E-state index is 12.9. The third kappa shape index (κ3) is 5.24. The Labute approximate surface area is 189 Å². The van der Waals surface area contributed by atoms with E-state index in [2.05, 4.69) is 5.32 Å². The first kappa shape index (κ1) is 22.2. The Bertz CT molecular complexity index is 1080. The Morgan fingerprint density at radius 2 is 1.28 bits per heavy atom. The van der Waals surface area contributed by atoms with Crippen molar-refractivity contribution in [1.29, 1.82) is 0 Å². The molecule has 32 heavy (non-hydrogen) atoms. The molecule has 0 atom stereocenters. The van der Waals surface area contributed by atoms with Crippen LogP contribution in [0.1, 0.15) is 17.2 Å². The molecular weight excluding hydrogens is 422 g/mol. The van der Waals surface area contributed by atoms with Gasteiger partial charge in [-0.2, -0.15) is 4.31 Å². The van der Waals surface area contributed by atoms with E-state index in [0.717, 1.165) is 16.0 Å². The molecule has 0 saturated carbocycles. The van der Waals surface area contributed by atoms with Crippen LogP contribution in [0.25, 0.3) is 0 Å². The minimum absolute atomic E-state index is 0.0444. The fourth-order valence-corrected chi connectivity index (χ4v) is 5.51. The standard InChI is InChI=1S/C25H27N3O3S/c29-24(26-25(21-10-4-1-5-11-21)22-12-6-2-7-13-22)20-27-16-18-28(19-17-27)32(30,31)23-14-8-3-9-15-23/h1-15,25H,16-20H2,(H,26,29)/p+1. The Morgan fingerprint density at radius 1 is 0.812 bits per heavy atom. The molecule has 1 saturated heterocycles. The van der Waals surface area contributed by atoms with Gasteiger partial charge < -0.3 is 10.2 Å². The first-order valence-electron chi connectivity index (χ1n) is 10.8. The average molecular weight is 451 g/mol. The number of quaternary nitrogens is 1. The van der Waals surface area contributed by atoms with Crippen molar-refractivity contribution < 1.29 is 18.1 Å². The lowest BCUT2D eigenvalue weighted by Gasteiger charge is -2.31. The van der Waals surface area contributed by atoms with Crippen molar-refractivity contribution in [1.82, 2.24) is 9.62 Å². The van der Waals surface area contributed by atoms with E-state index in [9.17, 15) is 13.2 Å². The molecule has 166 valence electrons. The summed E-state index contributed by atoms with van der Waals surface area (Å²) in [4.78, 5) is 14.3. The van der Waals surface area contributed by atoms with Gasteiger partial charge in [0.15, 0.2) is 6.54 Å². The maximum Gasteiger partial charge on any atom is 0.275 e. The van der Waals surface area contributed by atoms with Crippen molar-refractivity contribution in [2.75, 3.05) is 32.7 Å². The van der Waals surface area contributed by atoms with Crippen molar-refractivity contribution in [3.63, 3.8) is 0 Å². The zero-order valence-electron chi connectivity index (χ0n) is 17.9. The van der Waals surface area contributed by atoms with Crippen LogP contribution < -0.4 is 10.2 Å². The molecule has 6 nitrogen and oxygen atoms in total. The summed E-state index contributed by atoms with van der Waals surface area (Å²) >= 11 is 0. The van der Waals surface area contributed by atoms with E-state index in [-0.39, 0.29) is 11.9 Å². The Balaban J connectivity index is 1.37. The number of sulfonamides is 1. The van der Waals surface area contributed by atoms with Crippen molar-refractivity contribution in [2.24, 2.45) is 0 Å². The summed E-state index contributed by atoms with van der Waals surface area (Å²) in [7, 11) is -3.49. The molecular formula is C25H28N3O3S+. The van der Waals surface area contributed by atoms with Gasteiger partial charge in [-0.3, -0.25) is 4.79 Å². The number of rotatable bonds is 7. The number of hydrogen-bond donors (Lipinski definition) is 2. The molecule has 1 aliphatic heterocycles. The number of hydrogen-bond acceptors (Lipinski definition) is 3. The molecule has 4 rings (SSSR count). The highest BCUT2D eigenvalue weighted by Gasteiger charge is 2.31. The number of nitrogens with zero attached hydrogens (tertiary/aromatic N) is 1. The lowest BCUT2D eigenvalue weighted by Crippen LogP contribution is -3.15. The molecule has 0 bridgehead atoms. The van der Waals surface area contributed by atoms with E-state index in [1.54, 1.807) is 30.3 Å². The quantitative estimate of drug-likeness (QED) is 0.573. The van der Waals surface area contributed by atoms with E-state index in [1.807, 2.05) is 60.7 Å². The summed E-state index contributed by atoms with van der Waals surface area (Å²) in [5.74, 6) is -0.0444. The van der Waals surface area contributed by atoms with Crippen molar-refractivity contribution in [3.8, 4) is 0 Å². The van der Waals surface area contributed by atoms with Crippen LogP contribution in [0.2, 0.25) is 0 Å². The summed E-state index contributed by atoms with van der Waals surface area (Å²) in [5.41, 5.74) is 2.06. The Morgan fingerprint density at radius 3 is 1.78 bits per heavy atom. The minimum Gasteiger partial charge on any atom is -0.340 e. The van der Waals surface area contributed by atoms with Crippen LogP contribution in [0, 0.1) is 0 Å². The third-order valence-corrected chi connectivity index (χ3v) is 7.71. The van der Waals surface area contributed by atoms with Crippen LogP contribution in [0.15, 0.2) is 95.9 Å². The largest absolute Gasteiger partial charge is 0.340 e. The summed E-state index contributed by atoms with van der Waals surface area (Å²) in [5, 5.41) is 3.17. The van der Waals surface area contributed by atoms with Crippen LogP contribution in [0.3, 0.4) is 0 Å². The number of amides is 1. The minimum atomic E-state index is -3.49. The van der Waals surface area contributed by atoms with E-state index in [1.165, 1.54) is 4.31 Å². The molecule has 1 heterocycles. The molecule has 3 aromatic carbocycles. The van der Waals surface area contributed by atoms with Crippen molar-refractivity contribution >= 4 is 15.9 Å². The van der Waals surface area contributed by atoms with Gasteiger partial charge in [-0.15, -0.1) is 0 Å². The van der Waals surface area contributed by atoms with Gasteiger partial charge in [0, 0.05) is 0 Å². The number of benzene rings is 3. The van der Waals surface area contributed by atoms with Gasteiger partial charge >= 0.3 is 0 Å². The van der Waals surface area contributed by atoms with Crippen LogP contribution in [-0.4, -0.2) is 51.4 Å². The molecule has 0 spiro atoms. The van der Waals surface area contributed by atoms with Crippen molar-refractivity contribution in [2.45, 2.75) is 10.9 Å². The highest BCUT2D eigenvalue weighted by molar-refractivity contribution is 7.89. The SMILES string of the molecule is O=C(C[NH+]1CCN(S(=O)(=O)c2ccccc2)CC1)NC(c1ccccc1)c1ccccc1. The van der Waals surface area contributed by atoms with Gasteiger partial charge in [0.1, 0.15) is 0 Å². The number of carbonyl (C=O) groups excluding carboxylic acids is 1. The molecule has 1 aliphatic rings. The normalized spacial score (nSPS) is 15.5. The van der Waals surface area contributed by atoms with Gasteiger partial charge in [0.05, 0.1) is 37.1 Å². The van der Waals surface area contributed by atoms with Gasteiger partial charge in [-0.05, 0) is 23.3 Å². The second-order valence-corrected chi connectivity index (χ2v) is 9.90. The zero-order valence-corrected chi connectivity index (χ0v) is 18.7. The predicted octanol–water partition coefficient (Wildman–Crippen LogP) is 1.48. The van der Waals surface area contributed by atoms with Crippen LogP contribution in [-0.2, 0) is 14.8 Å². The third-order valence-electron chi connectivity index (χ3n) is 5.79. The molecule has 3 aromatic rings. The molecule has 0 aromatic heterocycles. The monoisotopic (exact) mass is 450 g/mol. The Hall–Kier alpha value is -3.00. The predicted molar refractivity (Wildman–Crippen MR) is 124 cm³/mol. The average Bonchev–Trinajstić information content (AvgIpc) is 2.84. The topological polar surface area (TPSA) is 70.9 Å². The highest BCUT2D eigenvalue weighted by Crippen LogP contribution is 2.21. The molecule has 1 fully saturated rings. The van der Waals surface area contributed by atoms with Gasteiger partial charge in [0.2, 0.25) is 10.0 Å². The number of nitrogens with one attached hydrogen (secondary N) is 2. The molecule has 0 radical (unpaired) electrons. The molecule has 0 unspecified atom stereocenters. The lowest BCUT2D eigenvalue weighted by atomic mass is 9.99. The fourth-order valence-electron chi connectivity index (χ4n) is 4.05. The highest BCUT2D eigenvalue weighted by atomic mass is 32.2. The summed E-state index contributed by atoms with van der Waals surface area (Å²) in [6, 6.07) is 28.1. The maximum atomic E-state index is 12.9. The summed E-state index contributed by atoms with van der Waals surface area (Å²) in [6.07, 6.45) is 0. The second kappa shape index (κ2) is 10.1. The number of carbonyl (C=O) groups is 1. The Kier molecular flexibility index (Phi) is 6.99. The van der Waals surface area contributed by atoms with Gasteiger partial charge in [-0.25, -0.2) is 8.42 Å². The van der Waals surface area contributed by atoms with E-state index in [4.69, 9.17) is 0 Å².